The molecule has 0 heterocycles. The highest BCUT2D eigenvalue weighted by atomic mass is 16.5. The summed E-state index contributed by atoms with van der Waals surface area (Å²) in [5.74, 6) is 0.798. The Morgan fingerprint density at radius 3 is 2.26 bits per heavy atom. The van der Waals surface area contributed by atoms with E-state index in [2.05, 4.69) is 13.8 Å². The van der Waals surface area contributed by atoms with E-state index in [0.717, 1.165) is 18.4 Å². The summed E-state index contributed by atoms with van der Waals surface area (Å²) in [6, 6.07) is 5.75. The Morgan fingerprint density at radius 2 is 1.84 bits per heavy atom. The number of ether oxygens (including phenoxy) is 1. The highest BCUT2D eigenvalue weighted by Gasteiger charge is 2.38. The van der Waals surface area contributed by atoms with Crippen LogP contribution in [-0.4, -0.2) is 37.4 Å². The number of hydrogen-bond acceptors (Lipinski definition) is 3. The van der Waals surface area contributed by atoms with E-state index in [-0.39, 0.29) is 5.78 Å². The maximum absolute atomic E-state index is 13.0. The molecule has 0 aliphatic carbocycles. The molecule has 0 spiro atoms. The number of Topliss-reactive ketones (excluding diaryl/α,β-unsaturated/α-hetero) is 1. The summed E-state index contributed by atoms with van der Waals surface area (Å²) in [6.45, 7) is 6.11. The Morgan fingerprint density at radius 1 is 1.26 bits per heavy atom. The van der Waals surface area contributed by atoms with Crippen LogP contribution >= 0.6 is 0 Å². The van der Waals surface area contributed by atoms with E-state index in [4.69, 9.17) is 4.74 Å². The van der Waals surface area contributed by atoms with Crippen molar-refractivity contribution in [1.82, 2.24) is 4.90 Å². The molecule has 0 bridgehead atoms. The fraction of sp³-hybridized carbons (Fsp3) is 0.562. The molecule has 0 aromatic heterocycles. The van der Waals surface area contributed by atoms with E-state index in [0.29, 0.717) is 11.3 Å². The predicted octanol–water partition coefficient (Wildman–Crippen LogP) is 3.31. The van der Waals surface area contributed by atoms with Crippen LogP contribution in [0.25, 0.3) is 0 Å². The molecule has 1 aromatic carbocycles. The van der Waals surface area contributed by atoms with Gasteiger partial charge in [-0.1, -0.05) is 25.5 Å². The Labute approximate surface area is 116 Å². The van der Waals surface area contributed by atoms with Crippen LogP contribution in [0.1, 0.15) is 42.6 Å². The molecular weight excluding hydrogens is 238 g/mol. The first-order valence-corrected chi connectivity index (χ1v) is 6.79. The van der Waals surface area contributed by atoms with E-state index in [1.807, 2.05) is 44.1 Å². The average molecular weight is 263 g/mol. The lowest BCUT2D eigenvalue weighted by Gasteiger charge is -2.37. The van der Waals surface area contributed by atoms with Crippen LogP contribution in [0.15, 0.2) is 18.2 Å². The van der Waals surface area contributed by atoms with Gasteiger partial charge >= 0.3 is 0 Å². The van der Waals surface area contributed by atoms with Gasteiger partial charge in [-0.05, 0) is 46.0 Å². The number of nitrogens with zero attached hydrogens (tertiary/aromatic N) is 1. The quantitative estimate of drug-likeness (QED) is 0.737. The van der Waals surface area contributed by atoms with Gasteiger partial charge in [0.05, 0.1) is 18.2 Å². The van der Waals surface area contributed by atoms with Crippen molar-refractivity contribution >= 4 is 5.78 Å². The van der Waals surface area contributed by atoms with Crippen LogP contribution in [0.4, 0.5) is 0 Å². The summed E-state index contributed by atoms with van der Waals surface area (Å²) in [7, 11) is 5.54. The normalized spacial score (nSPS) is 11.7. The first kappa shape index (κ1) is 15.7. The molecule has 0 fully saturated rings. The van der Waals surface area contributed by atoms with Gasteiger partial charge in [0.2, 0.25) is 0 Å². The number of carbonyl (C=O) groups is 1. The lowest BCUT2D eigenvalue weighted by molar-refractivity contribution is 0.0653. The topological polar surface area (TPSA) is 29.5 Å². The van der Waals surface area contributed by atoms with Crippen molar-refractivity contribution in [3.8, 4) is 5.75 Å². The van der Waals surface area contributed by atoms with Gasteiger partial charge in [-0.15, -0.1) is 0 Å². The van der Waals surface area contributed by atoms with Gasteiger partial charge in [-0.3, -0.25) is 9.69 Å². The first-order valence-electron chi connectivity index (χ1n) is 6.79. The summed E-state index contributed by atoms with van der Waals surface area (Å²) in [6.07, 6.45) is 1.57. The molecule has 0 N–H and O–H groups in total. The molecule has 0 saturated carbocycles. The Hall–Kier alpha value is -1.35. The van der Waals surface area contributed by atoms with Crippen molar-refractivity contribution in [2.45, 2.75) is 39.2 Å². The number of benzene rings is 1. The fourth-order valence-electron chi connectivity index (χ4n) is 2.66. The summed E-state index contributed by atoms with van der Waals surface area (Å²) >= 11 is 0. The van der Waals surface area contributed by atoms with Crippen molar-refractivity contribution in [2.75, 3.05) is 21.2 Å². The van der Waals surface area contributed by atoms with Gasteiger partial charge in [-0.2, -0.15) is 0 Å². The molecule has 0 saturated heterocycles. The van der Waals surface area contributed by atoms with Crippen molar-refractivity contribution in [3.05, 3.63) is 29.3 Å². The standard InChI is InChI=1S/C16H25NO2/c1-7-16(8-2,17(4)5)15(18)13-11-12(3)9-10-14(13)19-6/h9-11H,7-8H2,1-6H3. The zero-order valence-electron chi connectivity index (χ0n) is 12.9. The van der Waals surface area contributed by atoms with E-state index >= 15 is 0 Å². The SMILES string of the molecule is CCC(CC)(C(=O)c1cc(C)ccc1OC)N(C)C. The zero-order chi connectivity index (χ0) is 14.6. The molecule has 19 heavy (non-hydrogen) atoms. The molecule has 0 amide bonds. The van der Waals surface area contributed by atoms with E-state index in [1.54, 1.807) is 7.11 Å². The maximum atomic E-state index is 13.0. The molecule has 1 rings (SSSR count). The highest BCUT2D eigenvalue weighted by molar-refractivity contribution is 6.05. The molecule has 1 aromatic rings. The molecule has 0 aliphatic rings. The fourth-order valence-corrected chi connectivity index (χ4v) is 2.66. The monoisotopic (exact) mass is 263 g/mol. The van der Waals surface area contributed by atoms with Crippen molar-refractivity contribution in [3.63, 3.8) is 0 Å². The highest BCUT2D eigenvalue weighted by Crippen LogP contribution is 2.31. The summed E-state index contributed by atoms with van der Waals surface area (Å²) in [5.41, 5.74) is 1.30. The zero-order valence-corrected chi connectivity index (χ0v) is 12.9. The molecule has 3 nitrogen and oxygen atoms in total. The summed E-state index contributed by atoms with van der Waals surface area (Å²) < 4.78 is 5.35. The smallest absolute Gasteiger partial charge is 0.186 e. The second kappa shape index (κ2) is 6.20. The van der Waals surface area contributed by atoms with Gasteiger partial charge in [-0.25, -0.2) is 0 Å². The van der Waals surface area contributed by atoms with Crippen LogP contribution in [-0.2, 0) is 0 Å². The largest absolute Gasteiger partial charge is 0.496 e. The number of likely N-dealkylation sites (N-methyl/N-ethyl adjacent to an activating group) is 1. The molecular formula is C16H25NO2. The van der Waals surface area contributed by atoms with Crippen LogP contribution < -0.4 is 4.74 Å². The van der Waals surface area contributed by atoms with E-state index < -0.39 is 5.54 Å². The molecule has 0 atom stereocenters. The Bertz CT molecular complexity index is 448. The van der Waals surface area contributed by atoms with Gasteiger partial charge < -0.3 is 4.74 Å². The minimum Gasteiger partial charge on any atom is -0.496 e. The van der Waals surface area contributed by atoms with Gasteiger partial charge in [0.25, 0.3) is 0 Å². The average Bonchev–Trinajstić information content (AvgIpc) is 2.40. The minimum absolute atomic E-state index is 0.142. The summed E-state index contributed by atoms with van der Waals surface area (Å²) in [4.78, 5) is 15.0. The molecule has 0 radical (unpaired) electrons. The minimum atomic E-state index is -0.457. The van der Waals surface area contributed by atoms with Crippen molar-refractivity contribution in [1.29, 1.82) is 0 Å². The van der Waals surface area contributed by atoms with E-state index in [9.17, 15) is 4.79 Å². The van der Waals surface area contributed by atoms with Gasteiger partial charge in [0.15, 0.2) is 5.78 Å². The number of rotatable bonds is 6. The Kier molecular flexibility index (Phi) is 5.12. The number of aryl methyl sites for hydroxylation is 1. The number of hydrogen-bond donors (Lipinski definition) is 0. The second-order valence-corrected chi connectivity index (χ2v) is 5.17. The maximum Gasteiger partial charge on any atom is 0.186 e. The third kappa shape index (κ3) is 2.81. The Balaban J connectivity index is 3.35. The second-order valence-electron chi connectivity index (χ2n) is 5.17. The molecule has 0 unspecified atom stereocenters. The summed E-state index contributed by atoms with van der Waals surface area (Å²) in [5, 5.41) is 0. The van der Waals surface area contributed by atoms with Gasteiger partial charge in [0.1, 0.15) is 5.75 Å². The first-order chi connectivity index (χ1) is 8.92. The predicted molar refractivity (Wildman–Crippen MR) is 79.1 cm³/mol. The van der Waals surface area contributed by atoms with Crippen molar-refractivity contribution < 1.29 is 9.53 Å². The van der Waals surface area contributed by atoms with Crippen molar-refractivity contribution in [2.24, 2.45) is 0 Å². The van der Waals surface area contributed by atoms with Gasteiger partial charge in [0, 0.05) is 0 Å². The van der Waals surface area contributed by atoms with Crippen LogP contribution in [0.3, 0.4) is 0 Å². The van der Waals surface area contributed by atoms with Crippen LogP contribution in [0.5, 0.6) is 5.75 Å². The van der Waals surface area contributed by atoms with E-state index in [1.165, 1.54) is 0 Å². The molecule has 106 valence electrons. The number of carbonyl (C=O) groups excluding carboxylic acids is 1. The molecule has 0 aliphatic heterocycles. The number of ketones is 1. The lowest BCUT2D eigenvalue weighted by atomic mass is 9.82. The number of methoxy groups -OCH3 is 1. The molecule has 3 heteroatoms. The third-order valence-electron chi connectivity index (χ3n) is 4.05. The van der Waals surface area contributed by atoms with Crippen LogP contribution in [0.2, 0.25) is 0 Å². The van der Waals surface area contributed by atoms with Crippen LogP contribution in [0, 0.1) is 6.92 Å². The third-order valence-corrected chi connectivity index (χ3v) is 4.05. The lowest BCUT2D eigenvalue weighted by Crippen LogP contribution is -2.50.